The van der Waals surface area contributed by atoms with Gasteiger partial charge < -0.3 is 5.32 Å². The highest BCUT2D eigenvalue weighted by Crippen LogP contribution is 2.11. The fraction of sp³-hybridized carbons (Fsp3) is 0.562. The Bertz CT molecular complexity index is 615. The number of carbonyl (C=O) groups excluding carboxylic acids is 1. The topological polar surface area (TPSA) is 69.7 Å². The Hall–Kier alpha value is -1.09. The summed E-state index contributed by atoms with van der Waals surface area (Å²) in [5.41, 5.74) is 1.22. The second-order valence-electron chi connectivity index (χ2n) is 5.83. The van der Waals surface area contributed by atoms with E-state index in [1.54, 1.807) is 11.8 Å². The molecule has 134 valence electrons. The van der Waals surface area contributed by atoms with Crippen LogP contribution in [0.4, 0.5) is 0 Å². The van der Waals surface area contributed by atoms with E-state index in [1.165, 1.54) is 16.1 Å². The lowest BCUT2D eigenvalue weighted by Gasteiger charge is -2.33. The lowest BCUT2D eigenvalue weighted by atomic mass is 10.2. The molecule has 0 aliphatic carbocycles. The summed E-state index contributed by atoms with van der Waals surface area (Å²) in [5, 5.41) is 2.92. The van der Waals surface area contributed by atoms with Crippen LogP contribution in [0.5, 0.6) is 0 Å². The van der Waals surface area contributed by atoms with Crippen LogP contribution in [0.2, 0.25) is 0 Å². The molecule has 0 saturated carbocycles. The first-order valence-corrected chi connectivity index (χ1v) is 11.0. The predicted octanol–water partition coefficient (Wildman–Crippen LogP) is 0.613. The van der Waals surface area contributed by atoms with Gasteiger partial charge in [-0.25, -0.2) is 8.42 Å². The lowest BCUT2D eigenvalue weighted by Crippen LogP contribution is -2.50. The zero-order chi connectivity index (χ0) is 17.4. The number of hydrogen-bond acceptors (Lipinski definition) is 5. The molecule has 1 aromatic carbocycles. The summed E-state index contributed by atoms with van der Waals surface area (Å²) >= 11 is 1.60. The van der Waals surface area contributed by atoms with E-state index in [4.69, 9.17) is 0 Å². The fourth-order valence-corrected chi connectivity index (χ4v) is 4.17. The molecule has 0 unspecified atom stereocenters. The summed E-state index contributed by atoms with van der Waals surface area (Å²) in [6.45, 7) is 3.84. The highest BCUT2D eigenvalue weighted by Gasteiger charge is 2.22. The quantitative estimate of drug-likeness (QED) is 0.725. The molecule has 1 saturated heterocycles. The molecule has 0 radical (unpaired) electrons. The van der Waals surface area contributed by atoms with Gasteiger partial charge in [-0.3, -0.25) is 9.69 Å². The Morgan fingerprint density at radius 1 is 1.17 bits per heavy atom. The lowest BCUT2D eigenvalue weighted by molar-refractivity contribution is -0.118. The maximum atomic E-state index is 11.8. The maximum absolute atomic E-state index is 11.8. The SMILES string of the molecule is CS(=O)(=O)N1CCN(CCNC(=O)CSCc2ccccc2)CC1. The number of hydrogen-bond donors (Lipinski definition) is 1. The number of piperazine rings is 1. The van der Waals surface area contributed by atoms with Gasteiger partial charge in [-0.2, -0.15) is 4.31 Å². The molecule has 1 fully saturated rings. The van der Waals surface area contributed by atoms with Gasteiger partial charge in [-0.15, -0.1) is 11.8 Å². The van der Waals surface area contributed by atoms with Crippen molar-refractivity contribution >= 4 is 27.7 Å². The van der Waals surface area contributed by atoms with E-state index in [0.717, 1.165) is 12.3 Å². The summed E-state index contributed by atoms with van der Waals surface area (Å²) in [7, 11) is -3.08. The van der Waals surface area contributed by atoms with Crippen molar-refractivity contribution in [3.8, 4) is 0 Å². The highest BCUT2D eigenvalue weighted by molar-refractivity contribution is 7.99. The number of nitrogens with zero attached hydrogens (tertiary/aromatic N) is 2. The van der Waals surface area contributed by atoms with Gasteiger partial charge in [-0.1, -0.05) is 30.3 Å². The number of sulfonamides is 1. The summed E-state index contributed by atoms with van der Waals surface area (Å²) in [6, 6.07) is 10.1. The molecule has 2 rings (SSSR count). The smallest absolute Gasteiger partial charge is 0.230 e. The number of rotatable bonds is 8. The minimum atomic E-state index is -3.08. The van der Waals surface area contributed by atoms with Gasteiger partial charge in [0.1, 0.15) is 0 Å². The average molecular weight is 372 g/mol. The Morgan fingerprint density at radius 2 is 1.83 bits per heavy atom. The van der Waals surface area contributed by atoms with Crippen molar-refractivity contribution in [2.45, 2.75) is 5.75 Å². The second kappa shape index (κ2) is 9.41. The molecule has 24 heavy (non-hydrogen) atoms. The highest BCUT2D eigenvalue weighted by atomic mass is 32.2. The van der Waals surface area contributed by atoms with E-state index in [-0.39, 0.29) is 5.91 Å². The summed E-state index contributed by atoms with van der Waals surface area (Å²) in [5.74, 6) is 1.34. The Balaban J connectivity index is 1.55. The van der Waals surface area contributed by atoms with Crippen LogP contribution >= 0.6 is 11.8 Å². The predicted molar refractivity (Wildman–Crippen MR) is 98.5 cm³/mol. The van der Waals surface area contributed by atoms with E-state index < -0.39 is 10.0 Å². The van der Waals surface area contributed by atoms with E-state index >= 15 is 0 Å². The molecule has 1 aromatic rings. The van der Waals surface area contributed by atoms with Crippen LogP contribution in [0.15, 0.2) is 30.3 Å². The maximum Gasteiger partial charge on any atom is 0.230 e. The van der Waals surface area contributed by atoms with Gasteiger partial charge in [0.25, 0.3) is 0 Å². The van der Waals surface area contributed by atoms with E-state index in [2.05, 4.69) is 22.3 Å². The van der Waals surface area contributed by atoms with Gasteiger partial charge in [0.05, 0.1) is 12.0 Å². The van der Waals surface area contributed by atoms with E-state index in [1.807, 2.05) is 18.2 Å². The third-order valence-corrected chi connectivity index (χ3v) is 6.20. The largest absolute Gasteiger partial charge is 0.354 e. The fourth-order valence-electron chi connectivity index (χ4n) is 2.53. The van der Waals surface area contributed by atoms with Crippen molar-refractivity contribution in [3.05, 3.63) is 35.9 Å². The number of amides is 1. The molecule has 0 bridgehead atoms. The average Bonchev–Trinajstić information content (AvgIpc) is 2.55. The molecule has 1 N–H and O–H groups in total. The molecule has 0 aromatic heterocycles. The zero-order valence-corrected chi connectivity index (χ0v) is 15.6. The third kappa shape index (κ3) is 6.80. The molecule has 0 spiro atoms. The summed E-state index contributed by atoms with van der Waals surface area (Å²) in [4.78, 5) is 14.0. The van der Waals surface area contributed by atoms with Crippen molar-refractivity contribution in [3.63, 3.8) is 0 Å². The Labute approximate surface area is 148 Å². The van der Waals surface area contributed by atoms with Crippen LogP contribution < -0.4 is 5.32 Å². The van der Waals surface area contributed by atoms with E-state index in [0.29, 0.717) is 38.5 Å². The molecular formula is C16H25N3O3S2. The van der Waals surface area contributed by atoms with Crippen molar-refractivity contribution in [1.29, 1.82) is 0 Å². The number of carbonyl (C=O) groups is 1. The first-order chi connectivity index (χ1) is 11.4. The molecule has 1 amide bonds. The monoisotopic (exact) mass is 371 g/mol. The molecule has 6 nitrogen and oxygen atoms in total. The molecular weight excluding hydrogens is 346 g/mol. The normalized spacial score (nSPS) is 16.9. The number of thioether (sulfide) groups is 1. The van der Waals surface area contributed by atoms with Crippen molar-refractivity contribution in [1.82, 2.24) is 14.5 Å². The van der Waals surface area contributed by atoms with Crippen molar-refractivity contribution in [2.75, 3.05) is 51.3 Å². The van der Waals surface area contributed by atoms with Crippen LogP contribution in [0, 0.1) is 0 Å². The van der Waals surface area contributed by atoms with Gasteiger partial charge in [0.2, 0.25) is 15.9 Å². The zero-order valence-electron chi connectivity index (χ0n) is 14.0. The van der Waals surface area contributed by atoms with Gasteiger partial charge >= 0.3 is 0 Å². The molecule has 1 aliphatic rings. The van der Waals surface area contributed by atoms with Crippen LogP contribution in [-0.4, -0.2) is 74.8 Å². The van der Waals surface area contributed by atoms with Crippen LogP contribution in [-0.2, 0) is 20.6 Å². The van der Waals surface area contributed by atoms with Crippen LogP contribution in [0.25, 0.3) is 0 Å². The van der Waals surface area contributed by atoms with Crippen molar-refractivity contribution in [2.24, 2.45) is 0 Å². The van der Waals surface area contributed by atoms with Gasteiger partial charge in [0, 0.05) is 45.0 Å². The van der Waals surface area contributed by atoms with Crippen molar-refractivity contribution < 1.29 is 13.2 Å². The molecule has 1 aliphatic heterocycles. The first-order valence-electron chi connectivity index (χ1n) is 8.01. The van der Waals surface area contributed by atoms with Crippen LogP contribution in [0.3, 0.4) is 0 Å². The van der Waals surface area contributed by atoms with Gasteiger partial charge in [-0.05, 0) is 5.56 Å². The first kappa shape index (κ1) is 19.2. The number of nitrogens with one attached hydrogen (secondary N) is 1. The minimum Gasteiger partial charge on any atom is -0.354 e. The van der Waals surface area contributed by atoms with E-state index in [9.17, 15) is 13.2 Å². The van der Waals surface area contributed by atoms with Gasteiger partial charge in [0.15, 0.2) is 0 Å². The standard InChI is InChI=1S/C16H25N3O3S2/c1-24(21,22)19-11-9-18(10-12-19)8-7-17-16(20)14-23-13-15-5-3-2-4-6-15/h2-6H,7-14H2,1H3,(H,17,20). The molecule has 1 heterocycles. The molecule has 8 heteroatoms. The second-order valence-corrected chi connectivity index (χ2v) is 8.80. The third-order valence-electron chi connectivity index (χ3n) is 3.90. The Morgan fingerprint density at radius 3 is 2.46 bits per heavy atom. The summed E-state index contributed by atoms with van der Waals surface area (Å²) in [6.07, 6.45) is 1.25. The van der Waals surface area contributed by atoms with Crippen LogP contribution in [0.1, 0.15) is 5.56 Å². The Kier molecular flexibility index (Phi) is 7.54. The molecule has 0 atom stereocenters. The minimum absolute atomic E-state index is 0.0469. The number of benzene rings is 1. The summed E-state index contributed by atoms with van der Waals surface area (Å²) < 4.78 is 24.4.